The number of benzene rings is 4. The van der Waals surface area contributed by atoms with Crippen molar-refractivity contribution in [2.45, 2.75) is 12.7 Å². The van der Waals surface area contributed by atoms with E-state index in [9.17, 15) is 4.79 Å². The maximum Gasteiger partial charge on any atom is 0.258 e. The van der Waals surface area contributed by atoms with Gasteiger partial charge in [-0.1, -0.05) is 66.7 Å². The average Bonchev–Trinajstić information content (AvgIpc) is 3.13. The van der Waals surface area contributed by atoms with E-state index in [1.807, 2.05) is 47.4 Å². The van der Waals surface area contributed by atoms with Gasteiger partial charge in [0.1, 0.15) is 6.17 Å². The van der Waals surface area contributed by atoms with E-state index in [2.05, 4.69) is 71.5 Å². The number of carbonyl (C=O) groups excluding carboxylic acids is 1. The third-order valence-corrected chi connectivity index (χ3v) is 6.47. The molecule has 4 heteroatoms. The van der Waals surface area contributed by atoms with E-state index in [1.54, 1.807) is 0 Å². The fourth-order valence-corrected chi connectivity index (χ4v) is 4.85. The lowest BCUT2D eigenvalue weighted by atomic mass is 10.0. The zero-order chi connectivity index (χ0) is 21.7. The normalized spacial score (nSPS) is 15.7. The zero-order valence-electron chi connectivity index (χ0n) is 17.8. The minimum atomic E-state index is -0.249. The molecule has 156 valence electrons. The van der Waals surface area contributed by atoms with Crippen molar-refractivity contribution >= 4 is 33.4 Å². The van der Waals surface area contributed by atoms with E-state index in [0.29, 0.717) is 12.1 Å². The summed E-state index contributed by atoms with van der Waals surface area (Å²) in [4.78, 5) is 15.5. The molecule has 1 aliphatic heterocycles. The summed E-state index contributed by atoms with van der Waals surface area (Å²) in [5.41, 5.74) is 6.17. The third-order valence-electron chi connectivity index (χ3n) is 6.47. The molecular weight excluding hydrogens is 394 g/mol. The van der Waals surface area contributed by atoms with Crippen molar-refractivity contribution in [3.8, 4) is 0 Å². The Hall–Kier alpha value is -4.05. The molecule has 0 bridgehead atoms. The summed E-state index contributed by atoms with van der Waals surface area (Å²) in [5, 5.41) is 6.06. The molecule has 0 saturated carbocycles. The van der Waals surface area contributed by atoms with Crippen molar-refractivity contribution in [2.24, 2.45) is 7.05 Å². The van der Waals surface area contributed by atoms with E-state index in [-0.39, 0.29) is 12.1 Å². The molecule has 5 aromatic rings. The highest BCUT2D eigenvalue weighted by molar-refractivity contribution is 6.08. The van der Waals surface area contributed by atoms with E-state index in [4.69, 9.17) is 0 Å². The van der Waals surface area contributed by atoms with Crippen LogP contribution in [0.15, 0.2) is 97.1 Å². The van der Waals surface area contributed by atoms with E-state index >= 15 is 0 Å². The van der Waals surface area contributed by atoms with E-state index < -0.39 is 0 Å². The minimum Gasteiger partial charge on any atom is -0.361 e. The largest absolute Gasteiger partial charge is 0.361 e. The average molecular weight is 418 g/mol. The van der Waals surface area contributed by atoms with Crippen LogP contribution in [0.3, 0.4) is 0 Å². The van der Waals surface area contributed by atoms with Crippen LogP contribution < -0.4 is 5.32 Å². The SMILES string of the molecule is Cn1c2ccccc2c2cc([C@H]3Nc4ccccc4C(=O)N3Cc3ccccc3)ccc21. The van der Waals surface area contributed by atoms with Gasteiger partial charge in [0, 0.05) is 41.1 Å². The van der Waals surface area contributed by atoms with Gasteiger partial charge in [-0.3, -0.25) is 4.79 Å². The fourth-order valence-electron chi connectivity index (χ4n) is 4.85. The Morgan fingerprint density at radius 2 is 1.50 bits per heavy atom. The van der Waals surface area contributed by atoms with Crippen LogP contribution in [0.4, 0.5) is 5.69 Å². The lowest BCUT2D eigenvalue weighted by Gasteiger charge is -2.38. The Kier molecular flexibility index (Phi) is 4.25. The Morgan fingerprint density at radius 1 is 0.781 bits per heavy atom. The predicted octanol–water partition coefficient (Wildman–Crippen LogP) is 6.10. The molecule has 1 aliphatic rings. The summed E-state index contributed by atoms with van der Waals surface area (Å²) in [6.07, 6.45) is -0.249. The second-order valence-corrected chi connectivity index (χ2v) is 8.36. The second-order valence-electron chi connectivity index (χ2n) is 8.36. The molecule has 0 fully saturated rings. The van der Waals surface area contributed by atoms with Crippen LogP contribution in [0.2, 0.25) is 0 Å². The van der Waals surface area contributed by atoms with E-state index in [1.165, 1.54) is 21.8 Å². The highest BCUT2D eigenvalue weighted by Gasteiger charge is 2.33. The Bertz CT molecular complexity index is 1470. The van der Waals surface area contributed by atoms with E-state index in [0.717, 1.165) is 16.8 Å². The molecule has 1 amide bonds. The number of nitrogens with zero attached hydrogens (tertiary/aromatic N) is 2. The number of para-hydroxylation sites is 2. The first-order valence-electron chi connectivity index (χ1n) is 10.9. The van der Waals surface area contributed by atoms with Crippen LogP contribution in [0.1, 0.15) is 27.7 Å². The first-order chi connectivity index (χ1) is 15.7. The molecule has 4 nitrogen and oxygen atoms in total. The molecular formula is C28H23N3O. The van der Waals surface area contributed by atoms with Gasteiger partial charge in [-0.2, -0.15) is 0 Å². The summed E-state index contributed by atoms with van der Waals surface area (Å²) in [7, 11) is 2.10. The van der Waals surface area contributed by atoms with Crippen LogP contribution in [0.25, 0.3) is 21.8 Å². The number of nitrogens with one attached hydrogen (secondary N) is 1. The zero-order valence-corrected chi connectivity index (χ0v) is 17.8. The fraction of sp³-hybridized carbons (Fsp3) is 0.107. The molecule has 6 rings (SSSR count). The Balaban J connectivity index is 1.50. The van der Waals surface area contributed by atoms with Crippen molar-refractivity contribution in [1.29, 1.82) is 0 Å². The van der Waals surface area contributed by atoms with Gasteiger partial charge in [0.25, 0.3) is 5.91 Å². The molecule has 1 atom stereocenters. The highest BCUT2D eigenvalue weighted by atomic mass is 16.2. The number of carbonyl (C=O) groups is 1. The Labute approximate surface area is 186 Å². The molecule has 2 heterocycles. The maximum absolute atomic E-state index is 13.6. The molecule has 0 saturated heterocycles. The monoisotopic (exact) mass is 417 g/mol. The quantitative estimate of drug-likeness (QED) is 0.385. The van der Waals surface area contributed by atoms with Gasteiger partial charge < -0.3 is 14.8 Å². The van der Waals surface area contributed by atoms with Crippen molar-refractivity contribution in [1.82, 2.24) is 9.47 Å². The van der Waals surface area contributed by atoms with Crippen LogP contribution in [0.5, 0.6) is 0 Å². The molecule has 1 N–H and O–H groups in total. The molecule has 1 aromatic heterocycles. The Morgan fingerprint density at radius 3 is 2.38 bits per heavy atom. The number of fused-ring (bicyclic) bond motifs is 4. The van der Waals surface area contributed by atoms with Crippen molar-refractivity contribution in [3.63, 3.8) is 0 Å². The standard InChI is InChI=1S/C28H23N3O/c1-30-25-14-8-6-11-21(25)23-17-20(15-16-26(23)30)27-29-24-13-7-5-12-22(24)28(32)31(27)18-19-9-3-2-4-10-19/h2-17,27,29H,18H2,1H3/t27-/m0/s1. The first-order valence-corrected chi connectivity index (χ1v) is 10.9. The van der Waals surface area contributed by atoms with Gasteiger partial charge in [-0.15, -0.1) is 0 Å². The topological polar surface area (TPSA) is 37.3 Å². The van der Waals surface area contributed by atoms with Crippen LogP contribution in [-0.2, 0) is 13.6 Å². The second kappa shape index (κ2) is 7.27. The van der Waals surface area contributed by atoms with Crippen LogP contribution in [-0.4, -0.2) is 15.4 Å². The summed E-state index contributed by atoms with van der Waals surface area (Å²) in [6, 6.07) is 32.9. The summed E-state index contributed by atoms with van der Waals surface area (Å²) < 4.78 is 2.23. The van der Waals surface area contributed by atoms with Crippen molar-refractivity contribution < 1.29 is 4.79 Å². The summed E-state index contributed by atoms with van der Waals surface area (Å²) in [6.45, 7) is 0.541. The summed E-state index contributed by atoms with van der Waals surface area (Å²) in [5.74, 6) is 0.0474. The lowest BCUT2D eigenvalue weighted by molar-refractivity contribution is 0.0666. The van der Waals surface area contributed by atoms with Gasteiger partial charge >= 0.3 is 0 Å². The molecule has 0 aliphatic carbocycles. The van der Waals surface area contributed by atoms with Gasteiger partial charge in [-0.05, 0) is 41.5 Å². The van der Waals surface area contributed by atoms with Crippen molar-refractivity contribution in [3.05, 3.63) is 114 Å². The molecule has 0 radical (unpaired) electrons. The lowest BCUT2D eigenvalue weighted by Crippen LogP contribution is -2.42. The number of rotatable bonds is 3. The number of anilines is 1. The number of hydrogen-bond donors (Lipinski definition) is 1. The van der Waals surface area contributed by atoms with Gasteiger partial charge in [0.2, 0.25) is 0 Å². The predicted molar refractivity (Wildman–Crippen MR) is 130 cm³/mol. The van der Waals surface area contributed by atoms with Gasteiger partial charge in [0.15, 0.2) is 0 Å². The number of aromatic nitrogens is 1. The van der Waals surface area contributed by atoms with Crippen LogP contribution >= 0.6 is 0 Å². The number of hydrogen-bond acceptors (Lipinski definition) is 2. The van der Waals surface area contributed by atoms with Crippen molar-refractivity contribution in [2.75, 3.05) is 5.32 Å². The highest BCUT2D eigenvalue weighted by Crippen LogP contribution is 2.37. The molecule has 4 aromatic carbocycles. The number of amides is 1. The first kappa shape index (κ1) is 18.7. The summed E-state index contributed by atoms with van der Waals surface area (Å²) >= 11 is 0. The third kappa shape index (κ3) is 2.88. The van der Waals surface area contributed by atoms with Gasteiger partial charge in [0.05, 0.1) is 5.56 Å². The smallest absolute Gasteiger partial charge is 0.258 e. The van der Waals surface area contributed by atoms with Gasteiger partial charge in [-0.25, -0.2) is 0 Å². The minimum absolute atomic E-state index is 0.0474. The number of aryl methyl sites for hydroxylation is 1. The molecule has 0 spiro atoms. The maximum atomic E-state index is 13.6. The van der Waals surface area contributed by atoms with Crippen LogP contribution in [0, 0.1) is 0 Å². The molecule has 32 heavy (non-hydrogen) atoms. The molecule has 0 unspecified atom stereocenters.